The van der Waals surface area contributed by atoms with Crippen molar-refractivity contribution in [3.05, 3.63) is 11.3 Å². The number of aromatic nitrogens is 2. The van der Waals surface area contributed by atoms with Gasteiger partial charge >= 0.3 is 6.18 Å². The van der Waals surface area contributed by atoms with Crippen molar-refractivity contribution >= 4 is 0 Å². The lowest BCUT2D eigenvalue weighted by atomic mass is 10.2. The molecule has 0 radical (unpaired) electrons. The first-order valence-electron chi connectivity index (χ1n) is 5.77. The Kier molecular flexibility index (Phi) is 5.61. The summed E-state index contributed by atoms with van der Waals surface area (Å²) < 4.78 is 46.7. The number of rotatable bonds is 7. The molecule has 0 atom stereocenters. The van der Waals surface area contributed by atoms with Crippen LogP contribution in [0.2, 0.25) is 0 Å². The molecule has 1 rings (SSSR count). The lowest BCUT2D eigenvalue weighted by Gasteiger charge is -2.09. The number of nitrogens with zero attached hydrogens (tertiary/aromatic N) is 2. The second kappa shape index (κ2) is 6.76. The summed E-state index contributed by atoms with van der Waals surface area (Å²) in [6, 6.07) is 0. The number of halogens is 3. The molecular weight excluding hydrogens is 263 g/mol. The smallest absolute Gasteiger partial charge is 0.411 e. The van der Waals surface area contributed by atoms with Crippen LogP contribution in [0.25, 0.3) is 0 Å². The Labute approximate surface area is 109 Å². The molecule has 0 aliphatic rings. The Morgan fingerprint density at radius 3 is 2.63 bits per heavy atom. The van der Waals surface area contributed by atoms with E-state index >= 15 is 0 Å². The zero-order valence-corrected chi connectivity index (χ0v) is 11.2. The quantitative estimate of drug-likeness (QED) is 0.768. The monoisotopic (exact) mass is 281 g/mol. The average molecular weight is 281 g/mol. The van der Waals surface area contributed by atoms with E-state index in [0.29, 0.717) is 19.0 Å². The molecule has 1 aromatic rings. The van der Waals surface area contributed by atoms with Gasteiger partial charge in [-0.15, -0.1) is 0 Å². The van der Waals surface area contributed by atoms with Crippen LogP contribution in [0.3, 0.4) is 0 Å². The highest BCUT2D eigenvalue weighted by molar-refractivity contribution is 5.30. The fraction of sp³-hybridized carbons (Fsp3) is 0.727. The van der Waals surface area contributed by atoms with Crippen molar-refractivity contribution in [1.82, 2.24) is 15.1 Å². The molecule has 0 saturated heterocycles. The minimum Gasteiger partial charge on any atom is -0.481 e. The predicted molar refractivity (Wildman–Crippen MR) is 63.1 cm³/mol. The SMILES string of the molecule is COc1c(CNCCOCC(F)(F)F)c(C)nn1C. The lowest BCUT2D eigenvalue weighted by molar-refractivity contribution is -0.173. The predicted octanol–water partition coefficient (Wildman–Crippen LogP) is 1.41. The Bertz CT molecular complexity index is 405. The second-order valence-corrected chi connectivity index (χ2v) is 4.04. The number of aryl methyl sites for hydroxylation is 2. The largest absolute Gasteiger partial charge is 0.481 e. The van der Waals surface area contributed by atoms with Crippen molar-refractivity contribution in [2.45, 2.75) is 19.6 Å². The van der Waals surface area contributed by atoms with Gasteiger partial charge < -0.3 is 14.8 Å². The Morgan fingerprint density at radius 2 is 2.05 bits per heavy atom. The van der Waals surface area contributed by atoms with Gasteiger partial charge in [0.2, 0.25) is 5.88 Å². The van der Waals surface area contributed by atoms with Crippen molar-refractivity contribution < 1.29 is 22.6 Å². The summed E-state index contributed by atoms with van der Waals surface area (Å²) in [6.45, 7) is 1.43. The summed E-state index contributed by atoms with van der Waals surface area (Å²) in [5.41, 5.74) is 1.71. The molecule has 0 aromatic carbocycles. The van der Waals surface area contributed by atoms with Crippen molar-refractivity contribution in [1.29, 1.82) is 0 Å². The molecule has 0 aliphatic heterocycles. The van der Waals surface area contributed by atoms with Crippen molar-refractivity contribution in [3.8, 4) is 5.88 Å². The van der Waals surface area contributed by atoms with Gasteiger partial charge in [-0.1, -0.05) is 0 Å². The van der Waals surface area contributed by atoms with Crippen LogP contribution in [0.5, 0.6) is 5.88 Å². The normalized spacial score (nSPS) is 11.9. The zero-order chi connectivity index (χ0) is 14.5. The van der Waals surface area contributed by atoms with E-state index in [-0.39, 0.29) is 6.61 Å². The van der Waals surface area contributed by atoms with E-state index in [0.717, 1.165) is 11.3 Å². The zero-order valence-electron chi connectivity index (χ0n) is 11.2. The van der Waals surface area contributed by atoms with Gasteiger partial charge in [-0.05, 0) is 6.92 Å². The maximum absolute atomic E-state index is 11.8. The molecule has 0 fully saturated rings. The van der Waals surface area contributed by atoms with Gasteiger partial charge in [-0.3, -0.25) is 0 Å². The fourth-order valence-electron chi connectivity index (χ4n) is 1.69. The van der Waals surface area contributed by atoms with Gasteiger partial charge in [-0.2, -0.15) is 18.3 Å². The van der Waals surface area contributed by atoms with E-state index in [1.54, 1.807) is 18.8 Å². The lowest BCUT2D eigenvalue weighted by Crippen LogP contribution is -2.23. The second-order valence-electron chi connectivity index (χ2n) is 4.04. The average Bonchev–Trinajstić information content (AvgIpc) is 2.56. The number of methoxy groups -OCH3 is 1. The van der Waals surface area contributed by atoms with E-state index in [1.165, 1.54) is 0 Å². The summed E-state index contributed by atoms with van der Waals surface area (Å²) in [5.74, 6) is 0.640. The molecule has 19 heavy (non-hydrogen) atoms. The van der Waals surface area contributed by atoms with Crippen LogP contribution in [-0.4, -0.2) is 42.8 Å². The number of nitrogens with one attached hydrogen (secondary N) is 1. The molecule has 0 saturated carbocycles. The summed E-state index contributed by atoms with van der Waals surface area (Å²) in [6.07, 6.45) is -4.27. The van der Waals surface area contributed by atoms with Crippen molar-refractivity contribution in [2.24, 2.45) is 7.05 Å². The van der Waals surface area contributed by atoms with E-state index in [2.05, 4.69) is 15.2 Å². The molecule has 0 spiro atoms. The molecule has 0 bridgehead atoms. The van der Waals surface area contributed by atoms with E-state index < -0.39 is 12.8 Å². The van der Waals surface area contributed by atoms with Crippen LogP contribution in [0.1, 0.15) is 11.3 Å². The molecule has 0 unspecified atom stereocenters. The highest BCUT2D eigenvalue weighted by Crippen LogP contribution is 2.20. The van der Waals surface area contributed by atoms with E-state index in [4.69, 9.17) is 4.74 Å². The molecule has 0 aliphatic carbocycles. The van der Waals surface area contributed by atoms with Gasteiger partial charge in [0.15, 0.2) is 0 Å². The number of hydrogen-bond donors (Lipinski definition) is 1. The van der Waals surface area contributed by atoms with Gasteiger partial charge in [-0.25, -0.2) is 4.68 Å². The van der Waals surface area contributed by atoms with Crippen molar-refractivity contribution in [2.75, 3.05) is 26.9 Å². The molecule has 1 heterocycles. The molecule has 0 amide bonds. The number of ether oxygens (including phenoxy) is 2. The van der Waals surface area contributed by atoms with Crippen LogP contribution in [0, 0.1) is 6.92 Å². The van der Waals surface area contributed by atoms with Gasteiger partial charge in [0.05, 0.1) is 25.0 Å². The minimum absolute atomic E-state index is 0.00113. The third kappa shape index (κ3) is 5.07. The van der Waals surface area contributed by atoms with Gasteiger partial charge in [0.1, 0.15) is 6.61 Å². The van der Waals surface area contributed by atoms with Crippen LogP contribution >= 0.6 is 0 Å². The number of hydrogen-bond acceptors (Lipinski definition) is 4. The first-order chi connectivity index (χ1) is 8.85. The molecule has 110 valence electrons. The summed E-state index contributed by atoms with van der Waals surface area (Å²) in [5, 5.41) is 7.19. The molecule has 8 heteroatoms. The fourth-order valence-corrected chi connectivity index (χ4v) is 1.69. The molecule has 1 aromatic heterocycles. The summed E-state index contributed by atoms with van der Waals surface area (Å²) in [7, 11) is 3.31. The number of alkyl halides is 3. The van der Waals surface area contributed by atoms with E-state index in [9.17, 15) is 13.2 Å². The van der Waals surface area contributed by atoms with Crippen LogP contribution in [-0.2, 0) is 18.3 Å². The third-order valence-corrected chi connectivity index (χ3v) is 2.47. The maximum atomic E-state index is 11.8. The van der Waals surface area contributed by atoms with Crippen LogP contribution < -0.4 is 10.1 Å². The first kappa shape index (κ1) is 15.8. The highest BCUT2D eigenvalue weighted by Gasteiger charge is 2.27. The standard InChI is InChI=1S/C11H18F3N3O2/c1-8-9(10(18-3)17(2)16-8)6-15-4-5-19-7-11(12,13)14/h15H,4-7H2,1-3H3. The van der Waals surface area contributed by atoms with Crippen molar-refractivity contribution in [3.63, 3.8) is 0 Å². The third-order valence-electron chi connectivity index (χ3n) is 2.47. The Morgan fingerprint density at radius 1 is 1.37 bits per heavy atom. The van der Waals surface area contributed by atoms with Gasteiger partial charge in [0.25, 0.3) is 0 Å². The van der Waals surface area contributed by atoms with Crippen LogP contribution in [0.15, 0.2) is 0 Å². The van der Waals surface area contributed by atoms with E-state index in [1.807, 2.05) is 6.92 Å². The van der Waals surface area contributed by atoms with Crippen LogP contribution in [0.4, 0.5) is 13.2 Å². The minimum atomic E-state index is -4.27. The summed E-state index contributed by atoms with van der Waals surface area (Å²) >= 11 is 0. The molecular formula is C11H18F3N3O2. The van der Waals surface area contributed by atoms with Gasteiger partial charge in [0, 0.05) is 20.1 Å². The maximum Gasteiger partial charge on any atom is 0.411 e. The summed E-state index contributed by atoms with van der Waals surface area (Å²) in [4.78, 5) is 0. The Balaban J connectivity index is 2.30. The topological polar surface area (TPSA) is 48.3 Å². The Hall–Kier alpha value is -1.28. The molecule has 1 N–H and O–H groups in total. The first-order valence-corrected chi connectivity index (χ1v) is 5.77. The molecule has 5 nitrogen and oxygen atoms in total. The highest BCUT2D eigenvalue weighted by atomic mass is 19.4.